The number of thioether (sulfide) groups is 1. The topological polar surface area (TPSA) is 86.0 Å². The number of anilines is 1. The molecule has 1 aliphatic heterocycles. The highest BCUT2D eigenvalue weighted by Gasteiger charge is 2.22. The maximum Gasteiger partial charge on any atom is 0.278 e. The minimum absolute atomic E-state index is 0.0120. The number of aromatic nitrogens is 3. The van der Waals surface area contributed by atoms with Crippen LogP contribution in [-0.2, 0) is 17.9 Å². The van der Waals surface area contributed by atoms with Crippen molar-refractivity contribution in [3.8, 4) is 0 Å². The Balaban J connectivity index is 1.56. The number of fused-ring (bicyclic) bond motifs is 4. The largest absolute Gasteiger partial charge is 0.325 e. The van der Waals surface area contributed by atoms with Gasteiger partial charge in [-0.15, -0.1) is 0 Å². The summed E-state index contributed by atoms with van der Waals surface area (Å²) in [6.07, 6.45) is 0.918. The molecule has 3 heterocycles. The van der Waals surface area contributed by atoms with Gasteiger partial charge in [0.1, 0.15) is 17.6 Å². The first-order valence-electron chi connectivity index (χ1n) is 10.1. The predicted octanol–water partition coefficient (Wildman–Crippen LogP) is 3.69. The summed E-state index contributed by atoms with van der Waals surface area (Å²) in [5.74, 6) is 0.661. The molecule has 1 aliphatic rings. The van der Waals surface area contributed by atoms with Gasteiger partial charge in [0, 0.05) is 28.9 Å². The van der Waals surface area contributed by atoms with E-state index in [1.165, 1.54) is 6.92 Å². The van der Waals surface area contributed by atoms with Gasteiger partial charge < -0.3 is 9.88 Å². The number of ketones is 1. The zero-order chi connectivity index (χ0) is 21.5. The Morgan fingerprint density at radius 1 is 1.13 bits per heavy atom. The number of carbonyl (C=O) groups is 2. The van der Waals surface area contributed by atoms with Gasteiger partial charge in [-0.1, -0.05) is 30.0 Å². The molecule has 0 spiro atoms. The summed E-state index contributed by atoms with van der Waals surface area (Å²) in [6, 6.07) is 14.4. The van der Waals surface area contributed by atoms with Crippen LogP contribution in [-0.4, -0.2) is 31.6 Å². The van der Waals surface area contributed by atoms with E-state index in [9.17, 15) is 14.4 Å². The van der Waals surface area contributed by atoms with Gasteiger partial charge >= 0.3 is 0 Å². The number of carbonyl (C=O) groups excluding carboxylic acids is 2. The molecule has 2 aromatic heterocycles. The van der Waals surface area contributed by atoms with Crippen molar-refractivity contribution in [1.29, 1.82) is 0 Å². The molecule has 31 heavy (non-hydrogen) atoms. The van der Waals surface area contributed by atoms with Crippen LogP contribution in [0.1, 0.15) is 23.7 Å². The maximum atomic E-state index is 13.3. The van der Waals surface area contributed by atoms with Crippen molar-refractivity contribution < 1.29 is 9.59 Å². The Labute approximate surface area is 182 Å². The summed E-state index contributed by atoms with van der Waals surface area (Å²) in [7, 11) is 0. The summed E-state index contributed by atoms with van der Waals surface area (Å²) in [4.78, 5) is 42.4. The standard InChI is InChI=1S/C23H20N4O3S/c1-14(28)15-7-9-16(10-8-15)24-19(29)13-27-18-6-3-2-5-17(18)20-21(27)22(30)26-11-4-12-31-23(26)25-20/h2-3,5-10H,4,11-13H2,1H3,(H,24,29). The van der Waals surface area contributed by atoms with Gasteiger partial charge in [0.25, 0.3) is 5.56 Å². The van der Waals surface area contributed by atoms with E-state index < -0.39 is 0 Å². The molecule has 8 heteroatoms. The van der Waals surface area contributed by atoms with Gasteiger partial charge in [0.15, 0.2) is 10.9 Å². The van der Waals surface area contributed by atoms with Crippen LogP contribution in [0.15, 0.2) is 58.5 Å². The predicted molar refractivity (Wildman–Crippen MR) is 122 cm³/mol. The van der Waals surface area contributed by atoms with E-state index in [1.807, 2.05) is 24.3 Å². The minimum atomic E-state index is -0.255. The van der Waals surface area contributed by atoms with E-state index in [4.69, 9.17) is 4.98 Å². The van der Waals surface area contributed by atoms with Crippen molar-refractivity contribution in [2.45, 2.75) is 31.6 Å². The summed E-state index contributed by atoms with van der Waals surface area (Å²) in [5, 5.41) is 4.45. The monoisotopic (exact) mass is 432 g/mol. The summed E-state index contributed by atoms with van der Waals surface area (Å²) < 4.78 is 3.47. The molecule has 0 bridgehead atoms. The first kappa shape index (κ1) is 19.6. The highest BCUT2D eigenvalue weighted by atomic mass is 32.2. The van der Waals surface area contributed by atoms with E-state index >= 15 is 0 Å². The lowest BCUT2D eigenvalue weighted by Gasteiger charge is -2.17. The molecule has 0 radical (unpaired) electrons. The van der Waals surface area contributed by atoms with E-state index in [0.29, 0.717) is 28.8 Å². The number of para-hydroxylation sites is 1. The smallest absolute Gasteiger partial charge is 0.278 e. The number of hydrogen-bond acceptors (Lipinski definition) is 5. The number of nitrogens with one attached hydrogen (secondary N) is 1. The normalized spacial score (nSPS) is 13.3. The molecule has 0 atom stereocenters. The molecule has 156 valence electrons. The fourth-order valence-electron chi connectivity index (χ4n) is 3.98. The molecule has 0 aliphatic carbocycles. The van der Waals surface area contributed by atoms with Crippen LogP contribution in [0.5, 0.6) is 0 Å². The number of nitrogens with zero attached hydrogens (tertiary/aromatic N) is 3. The third-order valence-electron chi connectivity index (χ3n) is 5.46. The zero-order valence-electron chi connectivity index (χ0n) is 16.9. The van der Waals surface area contributed by atoms with Crippen LogP contribution in [0.4, 0.5) is 5.69 Å². The van der Waals surface area contributed by atoms with Crippen molar-refractivity contribution in [2.75, 3.05) is 11.1 Å². The number of rotatable bonds is 4. The summed E-state index contributed by atoms with van der Waals surface area (Å²) >= 11 is 1.59. The number of benzene rings is 2. The Hall–Kier alpha value is -3.39. The van der Waals surface area contributed by atoms with Crippen molar-refractivity contribution in [3.63, 3.8) is 0 Å². The van der Waals surface area contributed by atoms with Crippen molar-refractivity contribution >= 4 is 51.1 Å². The summed E-state index contributed by atoms with van der Waals surface area (Å²) in [6.45, 7) is 2.13. The van der Waals surface area contributed by atoms with Crippen molar-refractivity contribution in [1.82, 2.24) is 14.1 Å². The molecule has 2 aromatic carbocycles. The molecule has 0 fully saturated rings. The van der Waals surface area contributed by atoms with E-state index in [-0.39, 0.29) is 23.8 Å². The third-order valence-corrected chi connectivity index (χ3v) is 6.53. The van der Waals surface area contributed by atoms with Gasteiger partial charge in [0.05, 0.1) is 5.52 Å². The molecular weight excluding hydrogens is 412 g/mol. The zero-order valence-corrected chi connectivity index (χ0v) is 17.7. The van der Waals surface area contributed by atoms with Crippen LogP contribution in [0.25, 0.3) is 21.9 Å². The fourth-order valence-corrected chi connectivity index (χ4v) is 4.92. The molecule has 1 amide bonds. The molecule has 7 nitrogen and oxygen atoms in total. The first-order chi connectivity index (χ1) is 15.0. The number of amides is 1. The van der Waals surface area contributed by atoms with Crippen LogP contribution >= 0.6 is 11.8 Å². The SMILES string of the molecule is CC(=O)c1ccc(NC(=O)Cn2c3ccccc3c3nc4n(c(=O)c32)CCCS4)cc1. The van der Waals surface area contributed by atoms with Crippen LogP contribution in [0, 0.1) is 0 Å². The highest BCUT2D eigenvalue weighted by Crippen LogP contribution is 2.29. The molecule has 0 saturated carbocycles. The molecule has 0 unspecified atom stereocenters. The first-order valence-corrected chi connectivity index (χ1v) is 11.1. The van der Waals surface area contributed by atoms with Gasteiger partial charge in [0.2, 0.25) is 5.91 Å². The van der Waals surface area contributed by atoms with E-state index in [1.54, 1.807) is 45.2 Å². The van der Waals surface area contributed by atoms with Crippen LogP contribution < -0.4 is 10.9 Å². The Morgan fingerprint density at radius 3 is 2.68 bits per heavy atom. The molecular formula is C23H20N4O3S. The van der Waals surface area contributed by atoms with Gasteiger partial charge in [-0.25, -0.2) is 4.98 Å². The maximum absolute atomic E-state index is 13.3. The van der Waals surface area contributed by atoms with Gasteiger partial charge in [-0.3, -0.25) is 19.0 Å². The van der Waals surface area contributed by atoms with Gasteiger partial charge in [-0.2, -0.15) is 0 Å². The van der Waals surface area contributed by atoms with Crippen LogP contribution in [0.2, 0.25) is 0 Å². The lowest BCUT2D eigenvalue weighted by Crippen LogP contribution is -2.28. The Bertz CT molecular complexity index is 1400. The second-order valence-corrected chi connectivity index (χ2v) is 8.60. The van der Waals surface area contributed by atoms with Gasteiger partial charge in [-0.05, 0) is 43.7 Å². The lowest BCUT2D eigenvalue weighted by molar-refractivity contribution is -0.116. The second-order valence-electron chi connectivity index (χ2n) is 7.54. The molecule has 4 aromatic rings. The minimum Gasteiger partial charge on any atom is -0.325 e. The molecule has 5 rings (SSSR count). The van der Waals surface area contributed by atoms with Crippen molar-refractivity contribution in [3.05, 3.63) is 64.4 Å². The average molecular weight is 433 g/mol. The second kappa shape index (κ2) is 7.70. The number of Topliss-reactive ketones (excluding diaryl/α,β-unsaturated/α-hetero) is 1. The molecule has 0 saturated heterocycles. The lowest BCUT2D eigenvalue weighted by atomic mass is 10.1. The fraction of sp³-hybridized carbons (Fsp3) is 0.217. The Kier molecular flexibility index (Phi) is 4.86. The molecule has 1 N–H and O–H groups in total. The van der Waals surface area contributed by atoms with E-state index in [0.717, 1.165) is 28.2 Å². The summed E-state index contributed by atoms with van der Waals surface area (Å²) in [5.41, 5.74) is 2.97. The van der Waals surface area contributed by atoms with E-state index in [2.05, 4.69) is 5.32 Å². The third kappa shape index (κ3) is 3.42. The Morgan fingerprint density at radius 2 is 1.90 bits per heavy atom. The van der Waals surface area contributed by atoms with Crippen molar-refractivity contribution in [2.24, 2.45) is 0 Å². The quantitative estimate of drug-likeness (QED) is 0.393. The highest BCUT2D eigenvalue weighted by molar-refractivity contribution is 7.99. The number of hydrogen-bond donors (Lipinski definition) is 1. The van der Waals surface area contributed by atoms with Crippen LogP contribution in [0.3, 0.4) is 0 Å². The average Bonchev–Trinajstić information content (AvgIpc) is 3.08.